The summed E-state index contributed by atoms with van der Waals surface area (Å²) in [4.78, 5) is 31.7. The molecule has 0 aromatic carbocycles. The molecule has 10 heteroatoms. The largest absolute Gasteiger partial charge is 0.370 e. The van der Waals surface area contributed by atoms with Crippen LogP contribution in [0.3, 0.4) is 0 Å². The predicted octanol–water partition coefficient (Wildman–Crippen LogP) is 0.877. The van der Waals surface area contributed by atoms with Gasteiger partial charge in [0.2, 0.25) is 5.91 Å². The van der Waals surface area contributed by atoms with Gasteiger partial charge in [0.15, 0.2) is 11.1 Å². The Morgan fingerprint density at radius 1 is 1.07 bits per heavy atom. The van der Waals surface area contributed by atoms with E-state index in [1.165, 1.54) is 0 Å². The van der Waals surface area contributed by atoms with Crippen LogP contribution in [0.1, 0.15) is 18.4 Å². The number of primary amides is 1. The second-order valence-electron chi connectivity index (χ2n) is 7.61. The summed E-state index contributed by atoms with van der Waals surface area (Å²) in [5, 5.41) is 3.06. The first-order valence-electron chi connectivity index (χ1n) is 10.3. The highest BCUT2D eigenvalue weighted by molar-refractivity contribution is 7.13. The molecule has 0 unspecified atom stereocenters. The minimum absolute atomic E-state index is 0.0369. The Morgan fingerprint density at radius 2 is 1.83 bits per heavy atom. The highest BCUT2D eigenvalue weighted by atomic mass is 32.1. The number of carbonyl (C=O) groups excluding carboxylic acids is 1. The van der Waals surface area contributed by atoms with Crippen molar-refractivity contribution >= 4 is 34.2 Å². The van der Waals surface area contributed by atoms with E-state index >= 15 is 0 Å². The summed E-state index contributed by atoms with van der Waals surface area (Å²) in [7, 11) is 0. The molecule has 2 saturated heterocycles. The highest BCUT2D eigenvalue weighted by Crippen LogP contribution is 2.25. The molecule has 2 aliphatic heterocycles. The zero-order chi connectivity index (χ0) is 20.9. The van der Waals surface area contributed by atoms with E-state index in [0.29, 0.717) is 12.5 Å². The van der Waals surface area contributed by atoms with Crippen molar-refractivity contribution in [1.29, 1.82) is 0 Å². The van der Waals surface area contributed by atoms with E-state index in [0.717, 1.165) is 68.6 Å². The Balaban J connectivity index is 1.36. The van der Waals surface area contributed by atoms with Crippen molar-refractivity contribution < 1.29 is 4.79 Å². The minimum Gasteiger partial charge on any atom is -0.370 e. The quantitative estimate of drug-likeness (QED) is 0.536. The van der Waals surface area contributed by atoms with Crippen LogP contribution in [0.4, 0.5) is 10.9 Å². The number of rotatable bonds is 5. The van der Waals surface area contributed by atoms with Crippen LogP contribution in [0, 0.1) is 5.92 Å². The summed E-state index contributed by atoms with van der Waals surface area (Å²) in [6.45, 7) is 5.46. The predicted molar refractivity (Wildman–Crippen MR) is 120 cm³/mol. The fourth-order valence-corrected chi connectivity index (χ4v) is 4.68. The van der Waals surface area contributed by atoms with Crippen LogP contribution in [0.25, 0.3) is 0 Å². The number of aromatic nitrogens is 2. The van der Waals surface area contributed by atoms with Gasteiger partial charge < -0.3 is 26.2 Å². The number of piperazine rings is 1. The van der Waals surface area contributed by atoms with Gasteiger partial charge in [-0.15, -0.1) is 11.3 Å². The number of amides is 1. The van der Waals surface area contributed by atoms with Crippen LogP contribution in [-0.2, 0) is 11.3 Å². The van der Waals surface area contributed by atoms with Gasteiger partial charge in [0.25, 0.3) is 0 Å². The maximum atomic E-state index is 11.4. The lowest BCUT2D eigenvalue weighted by molar-refractivity contribution is -0.122. The molecule has 2 aromatic heterocycles. The minimum atomic E-state index is -0.205. The summed E-state index contributed by atoms with van der Waals surface area (Å²) >= 11 is 1.66. The Hall–Kier alpha value is -2.88. The van der Waals surface area contributed by atoms with E-state index in [1.807, 2.05) is 23.7 Å². The molecule has 0 saturated carbocycles. The number of hydrogen-bond donors (Lipinski definition) is 2. The molecule has 9 nitrogen and oxygen atoms in total. The summed E-state index contributed by atoms with van der Waals surface area (Å²) in [5.41, 5.74) is 12.8. The van der Waals surface area contributed by atoms with Gasteiger partial charge in [0.05, 0.1) is 6.54 Å². The highest BCUT2D eigenvalue weighted by Gasteiger charge is 2.25. The topological polar surface area (TPSA) is 117 Å². The van der Waals surface area contributed by atoms with E-state index in [9.17, 15) is 4.79 Å². The van der Waals surface area contributed by atoms with Gasteiger partial charge >= 0.3 is 0 Å². The zero-order valence-electron chi connectivity index (χ0n) is 17.0. The second-order valence-corrected chi connectivity index (χ2v) is 8.49. The second kappa shape index (κ2) is 9.29. The Bertz CT molecular complexity index is 871. The lowest BCUT2D eigenvalue weighted by atomic mass is 9.96. The van der Waals surface area contributed by atoms with Crippen LogP contribution in [0.15, 0.2) is 34.9 Å². The van der Waals surface area contributed by atoms with Gasteiger partial charge in [-0.3, -0.25) is 4.79 Å². The molecule has 30 heavy (non-hydrogen) atoms. The van der Waals surface area contributed by atoms with Gasteiger partial charge in [0.1, 0.15) is 5.82 Å². The fourth-order valence-electron chi connectivity index (χ4n) is 3.98. The van der Waals surface area contributed by atoms with E-state index in [-0.39, 0.29) is 11.8 Å². The van der Waals surface area contributed by atoms with Crippen LogP contribution in [0.5, 0.6) is 0 Å². The first-order valence-corrected chi connectivity index (χ1v) is 11.2. The average Bonchev–Trinajstić information content (AvgIpc) is 3.33. The van der Waals surface area contributed by atoms with Crippen LogP contribution < -0.4 is 21.3 Å². The number of piperidine rings is 1. The number of guanidine groups is 1. The monoisotopic (exact) mass is 428 g/mol. The maximum Gasteiger partial charge on any atom is 0.220 e. The first kappa shape index (κ1) is 20.4. The van der Waals surface area contributed by atoms with Crippen molar-refractivity contribution in [2.75, 3.05) is 49.1 Å². The Kier molecular flexibility index (Phi) is 6.32. The van der Waals surface area contributed by atoms with Crippen molar-refractivity contribution in [3.8, 4) is 0 Å². The molecule has 2 fully saturated rings. The number of pyridine rings is 1. The fraction of sp³-hybridized carbons (Fsp3) is 0.500. The number of thiazole rings is 1. The number of nitrogens with zero attached hydrogens (tertiary/aromatic N) is 6. The maximum absolute atomic E-state index is 11.4. The molecule has 2 aliphatic rings. The van der Waals surface area contributed by atoms with Crippen LogP contribution in [-0.4, -0.2) is 66.0 Å². The van der Waals surface area contributed by atoms with E-state index < -0.39 is 0 Å². The molecule has 0 bridgehead atoms. The van der Waals surface area contributed by atoms with Gasteiger partial charge in [-0.2, -0.15) is 0 Å². The molecule has 0 atom stereocenters. The van der Waals surface area contributed by atoms with Crippen molar-refractivity contribution in [3.05, 3.63) is 35.5 Å². The lowest BCUT2D eigenvalue weighted by Gasteiger charge is -2.35. The van der Waals surface area contributed by atoms with Gasteiger partial charge in [-0.25, -0.2) is 15.0 Å². The number of hydrogen-bond acceptors (Lipinski definition) is 7. The van der Waals surface area contributed by atoms with E-state index in [4.69, 9.17) is 11.5 Å². The number of aliphatic imine (C=N–C) groups is 1. The molecular weight excluding hydrogens is 400 g/mol. The molecule has 4 rings (SSSR count). The number of carbonyl (C=O) groups is 1. The molecular formula is C20H28N8OS. The summed E-state index contributed by atoms with van der Waals surface area (Å²) in [6, 6.07) is 3.97. The number of nitrogens with two attached hydrogens (primary N) is 2. The Morgan fingerprint density at radius 3 is 2.50 bits per heavy atom. The molecule has 4 N–H and O–H groups in total. The molecule has 4 heterocycles. The van der Waals surface area contributed by atoms with E-state index in [1.54, 1.807) is 17.5 Å². The SMILES string of the molecule is NC(=O)C1CCN(c2ncccc2CN=C(N)N2CCN(c3nccs3)CC2)CC1. The summed E-state index contributed by atoms with van der Waals surface area (Å²) < 4.78 is 0. The van der Waals surface area contributed by atoms with E-state index in [2.05, 4.69) is 29.7 Å². The molecule has 160 valence electrons. The molecule has 2 aromatic rings. The van der Waals surface area contributed by atoms with Crippen molar-refractivity contribution in [3.63, 3.8) is 0 Å². The average molecular weight is 429 g/mol. The molecule has 0 radical (unpaired) electrons. The smallest absolute Gasteiger partial charge is 0.220 e. The van der Waals surface area contributed by atoms with Crippen LogP contribution in [0.2, 0.25) is 0 Å². The van der Waals surface area contributed by atoms with Crippen molar-refractivity contribution in [2.24, 2.45) is 22.4 Å². The van der Waals surface area contributed by atoms with Crippen LogP contribution >= 0.6 is 11.3 Å². The lowest BCUT2D eigenvalue weighted by Crippen LogP contribution is -2.51. The van der Waals surface area contributed by atoms with Gasteiger partial charge in [0, 0.05) is 68.5 Å². The van der Waals surface area contributed by atoms with Gasteiger partial charge in [-0.1, -0.05) is 6.07 Å². The third-order valence-corrected chi connectivity index (χ3v) is 6.60. The molecule has 0 spiro atoms. The third-order valence-electron chi connectivity index (χ3n) is 5.77. The van der Waals surface area contributed by atoms with Crippen molar-refractivity contribution in [2.45, 2.75) is 19.4 Å². The first-order chi connectivity index (χ1) is 14.6. The Labute approximate surface area is 180 Å². The van der Waals surface area contributed by atoms with Gasteiger partial charge in [-0.05, 0) is 18.9 Å². The normalized spacial score (nSPS) is 18.7. The standard InChI is InChI=1S/C20H28N8OS/c21-17(29)15-3-7-26(8-4-15)18-16(2-1-5-23-18)14-25-19(22)27-9-11-28(12-10-27)20-24-6-13-30-20/h1-2,5-6,13,15H,3-4,7-12,14H2,(H2,21,29)(H2,22,25). The summed E-state index contributed by atoms with van der Waals surface area (Å²) in [5.74, 6) is 1.25. The number of anilines is 2. The molecule has 0 aliphatic carbocycles. The third kappa shape index (κ3) is 4.64. The van der Waals surface area contributed by atoms with Crippen molar-refractivity contribution in [1.82, 2.24) is 14.9 Å². The summed E-state index contributed by atoms with van der Waals surface area (Å²) in [6.07, 6.45) is 5.16. The zero-order valence-corrected chi connectivity index (χ0v) is 17.8. The molecule has 1 amide bonds.